The lowest BCUT2D eigenvalue weighted by Gasteiger charge is -2.45. The third-order valence-corrected chi connectivity index (χ3v) is 6.85. The SMILES string of the molecule is CNC1CC(C)CC(C)C1CN1CCSC(C)C1C. The highest BCUT2D eigenvalue weighted by atomic mass is 32.2. The number of nitrogens with one attached hydrogen (secondary N) is 1. The highest BCUT2D eigenvalue weighted by Gasteiger charge is 2.36. The second-order valence-corrected chi connectivity index (χ2v) is 8.41. The van der Waals surface area contributed by atoms with E-state index in [0.717, 1.165) is 35.1 Å². The van der Waals surface area contributed by atoms with E-state index in [4.69, 9.17) is 0 Å². The molecule has 1 aliphatic carbocycles. The third kappa shape index (κ3) is 3.68. The van der Waals surface area contributed by atoms with E-state index in [-0.39, 0.29) is 0 Å². The molecule has 1 N–H and O–H groups in total. The first-order valence-corrected chi connectivity index (χ1v) is 9.10. The van der Waals surface area contributed by atoms with Crippen LogP contribution in [0.3, 0.4) is 0 Å². The van der Waals surface area contributed by atoms with Gasteiger partial charge in [-0.25, -0.2) is 0 Å². The highest BCUT2D eigenvalue weighted by Crippen LogP contribution is 2.35. The molecule has 0 amide bonds. The molecule has 0 aromatic carbocycles. The maximum atomic E-state index is 3.60. The molecule has 1 heterocycles. The van der Waals surface area contributed by atoms with Crippen molar-refractivity contribution in [3.8, 4) is 0 Å². The zero-order valence-electron chi connectivity index (χ0n) is 13.4. The van der Waals surface area contributed by atoms with Gasteiger partial charge in [0.2, 0.25) is 0 Å². The molecule has 3 heteroatoms. The Morgan fingerprint density at radius 3 is 2.58 bits per heavy atom. The minimum atomic E-state index is 0.718. The predicted molar refractivity (Wildman–Crippen MR) is 86.9 cm³/mol. The van der Waals surface area contributed by atoms with Gasteiger partial charge in [-0.15, -0.1) is 0 Å². The molecule has 2 nitrogen and oxygen atoms in total. The second-order valence-electron chi connectivity index (χ2n) is 6.92. The monoisotopic (exact) mass is 284 g/mol. The molecular weight excluding hydrogens is 252 g/mol. The van der Waals surface area contributed by atoms with E-state index in [1.807, 2.05) is 0 Å². The van der Waals surface area contributed by atoms with Crippen molar-refractivity contribution < 1.29 is 0 Å². The number of nitrogens with zero attached hydrogens (tertiary/aromatic N) is 1. The van der Waals surface area contributed by atoms with Crippen molar-refractivity contribution in [2.24, 2.45) is 17.8 Å². The molecule has 0 spiro atoms. The van der Waals surface area contributed by atoms with Gasteiger partial charge in [-0.3, -0.25) is 4.90 Å². The Morgan fingerprint density at radius 2 is 1.89 bits per heavy atom. The molecule has 0 aromatic rings. The summed E-state index contributed by atoms with van der Waals surface area (Å²) in [6.45, 7) is 12.3. The second kappa shape index (κ2) is 6.82. The molecule has 19 heavy (non-hydrogen) atoms. The van der Waals surface area contributed by atoms with Crippen LogP contribution in [0.5, 0.6) is 0 Å². The van der Waals surface area contributed by atoms with Gasteiger partial charge in [0.15, 0.2) is 0 Å². The van der Waals surface area contributed by atoms with Crippen molar-refractivity contribution in [3.05, 3.63) is 0 Å². The summed E-state index contributed by atoms with van der Waals surface area (Å²) in [4.78, 5) is 2.75. The summed E-state index contributed by atoms with van der Waals surface area (Å²) in [5.41, 5.74) is 0. The van der Waals surface area contributed by atoms with Gasteiger partial charge in [0, 0.05) is 36.2 Å². The fourth-order valence-corrected chi connectivity index (χ4v) is 5.24. The largest absolute Gasteiger partial charge is 0.317 e. The van der Waals surface area contributed by atoms with Crippen LogP contribution in [0.4, 0.5) is 0 Å². The Labute approximate surface area is 124 Å². The maximum Gasteiger partial charge on any atom is 0.0184 e. The van der Waals surface area contributed by atoms with Crippen molar-refractivity contribution in [1.29, 1.82) is 0 Å². The Kier molecular flexibility index (Phi) is 5.62. The molecule has 2 aliphatic rings. The molecule has 0 bridgehead atoms. The van der Waals surface area contributed by atoms with Crippen LogP contribution in [0.2, 0.25) is 0 Å². The van der Waals surface area contributed by atoms with Crippen LogP contribution >= 0.6 is 11.8 Å². The maximum absolute atomic E-state index is 3.60. The van der Waals surface area contributed by atoms with Crippen LogP contribution in [0.1, 0.15) is 40.5 Å². The molecule has 0 aromatic heterocycles. The van der Waals surface area contributed by atoms with E-state index >= 15 is 0 Å². The smallest absolute Gasteiger partial charge is 0.0184 e. The Bertz CT molecular complexity index is 284. The average molecular weight is 285 g/mol. The van der Waals surface area contributed by atoms with Gasteiger partial charge in [-0.2, -0.15) is 11.8 Å². The van der Waals surface area contributed by atoms with Crippen LogP contribution in [-0.4, -0.2) is 48.1 Å². The van der Waals surface area contributed by atoms with Crippen LogP contribution in [-0.2, 0) is 0 Å². The Morgan fingerprint density at radius 1 is 1.16 bits per heavy atom. The van der Waals surface area contributed by atoms with Gasteiger partial charge in [0.05, 0.1) is 0 Å². The minimum absolute atomic E-state index is 0.718. The first-order valence-electron chi connectivity index (χ1n) is 8.05. The molecule has 1 saturated carbocycles. The zero-order chi connectivity index (χ0) is 14.0. The van der Waals surface area contributed by atoms with E-state index < -0.39 is 0 Å². The molecule has 1 aliphatic heterocycles. The summed E-state index contributed by atoms with van der Waals surface area (Å²) in [5.74, 6) is 3.89. The summed E-state index contributed by atoms with van der Waals surface area (Å²) in [5, 5.41) is 4.39. The highest BCUT2D eigenvalue weighted by molar-refractivity contribution is 8.00. The quantitative estimate of drug-likeness (QED) is 0.857. The molecule has 6 atom stereocenters. The van der Waals surface area contributed by atoms with Gasteiger partial charge >= 0.3 is 0 Å². The van der Waals surface area contributed by atoms with E-state index in [1.54, 1.807) is 0 Å². The molecule has 2 fully saturated rings. The predicted octanol–water partition coefficient (Wildman–Crippen LogP) is 3.08. The molecule has 1 saturated heterocycles. The summed E-state index contributed by atoms with van der Waals surface area (Å²) < 4.78 is 0. The lowest BCUT2D eigenvalue weighted by Crippen LogP contribution is -2.52. The number of thioether (sulfide) groups is 1. The molecule has 112 valence electrons. The summed E-state index contributed by atoms with van der Waals surface area (Å²) in [6.07, 6.45) is 2.77. The minimum Gasteiger partial charge on any atom is -0.317 e. The van der Waals surface area contributed by atoms with Crippen molar-refractivity contribution in [2.45, 2.75) is 57.9 Å². The Balaban J connectivity index is 1.99. The van der Waals surface area contributed by atoms with E-state index in [2.05, 4.69) is 56.7 Å². The van der Waals surface area contributed by atoms with Gasteiger partial charge < -0.3 is 5.32 Å². The van der Waals surface area contributed by atoms with Gasteiger partial charge in [0.25, 0.3) is 0 Å². The van der Waals surface area contributed by atoms with Gasteiger partial charge in [-0.1, -0.05) is 20.8 Å². The summed E-state index contributed by atoms with van der Waals surface area (Å²) >= 11 is 2.14. The van der Waals surface area contributed by atoms with Crippen molar-refractivity contribution in [2.75, 3.05) is 25.9 Å². The summed E-state index contributed by atoms with van der Waals surface area (Å²) in [7, 11) is 2.15. The number of hydrogen-bond donors (Lipinski definition) is 1. The topological polar surface area (TPSA) is 15.3 Å². The van der Waals surface area contributed by atoms with Crippen molar-refractivity contribution in [1.82, 2.24) is 10.2 Å². The zero-order valence-corrected chi connectivity index (χ0v) is 14.2. The molecular formula is C16H32N2S. The molecule has 2 rings (SSSR count). The normalized spacial score (nSPS) is 45.3. The lowest BCUT2D eigenvalue weighted by atomic mass is 9.72. The van der Waals surface area contributed by atoms with Crippen LogP contribution < -0.4 is 5.32 Å². The van der Waals surface area contributed by atoms with E-state index in [9.17, 15) is 0 Å². The average Bonchev–Trinajstić information content (AvgIpc) is 2.37. The first-order chi connectivity index (χ1) is 9.02. The fraction of sp³-hybridized carbons (Fsp3) is 1.00. The van der Waals surface area contributed by atoms with Gasteiger partial charge in [-0.05, 0) is 44.6 Å². The van der Waals surface area contributed by atoms with E-state index in [0.29, 0.717) is 0 Å². The molecule has 0 radical (unpaired) electrons. The Hall–Kier alpha value is 0.270. The first kappa shape index (κ1) is 15.7. The van der Waals surface area contributed by atoms with Crippen LogP contribution in [0.15, 0.2) is 0 Å². The summed E-state index contributed by atoms with van der Waals surface area (Å²) in [6, 6.07) is 1.46. The van der Waals surface area contributed by atoms with E-state index in [1.165, 1.54) is 31.7 Å². The van der Waals surface area contributed by atoms with Gasteiger partial charge in [0.1, 0.15) is 0 Å². The van der Waals surface area contributed by atoms with Crippen LogP contribution in [0, 0.1) is 17.8 Å². The third-order valence-electron chi connectivity index (χ3n) is 5.51. The number of rotatable bonds is 3. The fourth-order valence-electron chi connectivity index (χ4n) is 4.07. The standard InChI is InChI=1S/C16H32N2S/c1-11-8-12(2)15(16(9-11)17-5)10-18-6-7-19-14(4)13(18)3/h11-17H,6-10H2,1-5H3. The lowest BCUT2D eigenvalue weighted by molar-refractivity contribution is 0.0877. The van der Waals surface area contributed by atoms with Crippen molar-refractivity contribution in [3.63, 3.8) is 0 Å². The number of hydrogen-bond acceptors (Lipinski definition) is 3. The van der Waals surface area contributed by atoms with Crippen molar-refractivity contribution >= 4 is 11.8 Å². The van der Waals surface area contributed by atoms with Crippen LogP contribution in [0.25, 0.3) is 0 Å². The molecule has 6 unspecified atom stereocenters.